The molecule has 3 N–H and O–H groups in total. The van der Waals surface area contributed by atoms with Crippen molar-refractivity contribution in [1.82, 2.24) is 10.6 Å². The molecule has 1 aliphatic carbocycles. The Morgan fingerprint density at radius 3 is 2.63 bits per heavy atom. The standard InChI is InChI=1S/C13H26N2O4/c1-9(7-18-3)19-8-12(16)6-14-10(2)13(17)15-11-4-5-11/h9-12,14,16H,4-8H2,1-3H3,(H,15,17). The number of rotatable bonds is 10. The van der Waals surface area contributed by atoms with Crippen LogP contribution in [0.25, 0.3) is 0 Å². The van der Waals surface area contributed by atoms with Gasteiger partial charge in [-0.3, -0.25) is 4.79 Å². The zero-order chi connectivity index (χ0) is 14.3. The fourth-order valence-electron chi connectivity index (χ4n) is 1.58. The van der Waals surface area contributed by atoms with Crippen molar-refractivity contribution in [2.75, 3.05) is 26.9 Å². The second kappa shape index (κ2) is 8.47. The molecule has 0 radical (unpaired) electrons. The summed E-state index contributed by atoms with van der Waals surface area (Å²) in [7, 11) is 1.61. The molecule has 0 aromatic carbocycles. The van der Waals surface area contributed by atoms with Crippen LogP contribution in [0.15, 0.2) is 0 Å². The molecule has 0 bridgehead atoms. The quantitative estimate of drug-likeness (QED) is 0.508. The number of aliphatic hydroxyl groups excluding tert-OH is 1. The first-order valence-electron chi connectivity index (χ1n) is 6.85. The van der Waals surface area contributed by atoms with Crippen LogP contribution in [-0.2, 0) is 14.3 Å². The molecule has 112 valence electrons. The Labute approximate surface area is 114 Å². The summed E-state index contributed by atoms with van der Waals surface area (Å²) < 4.78 is 10.3. The van der Waals surface area contributed by atoms with Crippen LogP contribution in [0.5, 0.6) is 0 Å². The summed E-state index contributed by atoms with van der Waals surface area (Å²) in [5.41, 5.74) is 0. The zero-order valence-electron chi connectivity index (χ0n) is 12.0. The van der Waals surface area contributed by atoms with Crippen molar-refractivity contribution in [2.45, 2.75) is 51.0 Å². The Kier molecular flexibility index (Phi) is 7.30. The predicted octanol–water partition coefficient (Wildman–Crippen LogP) is -0.344. The average Bonchev–Trinajstić information content (AvgIpc) is 3.17. The molecule has 0 heterocycles. The molecule has 1 aliphatic rings. The summed E-state index contributed by atoms with van der Waals surface area (Å²) >= 11 is 0. The molecular formula is C13H26N2O4. The van der Waals surface area contributed by atoms with Crippen LogP contribution < -0.4 is 10.6 Å². The van der Waals surface area contributed by atoms with E-state index in [1.165, 1.54) is 0 Å². The van der Waals surface area contributed by atoms with Crippen molar-refractivity contribution >= 4 is 5.91 Å². The van der Waals surface area contributed by atoms with Crippen molar-refractivity contribution in [2.24, 2.45) is 0 Å². The third-order valence-corrected chi connectivity index (χ3v) is 2.95. The van der Waals surface area contributed by atoms with Crippen molar-refractivity contribution in [3.8, 4) is 0 Å². The van der Waals surface area contributed by atoms with Gasteiger partial charge in [-0.15, -0.1) is 0 Å². The van der Waals surface area contributed by atoms with E-state index in [1.54, 1.807) is 14.0 Å². The number of hydrogen-bond acceptors (Lipinski definition) is 5. The van der Waals surface area contributed by atoms with Gasteiger partial charge in [-0.2, -0.15) is 0 Å². The molecule has 1 amide bonds. The molecule has 0 aromatic heterocycles. The Morgan fingerprint density at radius 1 is 1.37 bits per heavy atom. The molecule has 1 saturated carbocycles. The highest BCUT2D eigenvalue weighted by Crippen LogP contribution is 2.18. The highest BCUT2D eigenvalue weighted by Gasteiger charge is 2.25. The molecule has 0 aliphatic heterocycles. The van der Waals surface area contributed by atoms with E-state index in [9.17, 15) is 9.90 Å². The summed E-state index contributed by atoms with van der Waals surface area (Å²) in [5.74, 6) is -0.0108. The third-order valence-electron chi connectivity index (χ3n) is 2.95. The minimum absolute atomic E-state index is 0.0108. The van der Waals surface area contributed by atoms with Gasteiger partial charge in [0.1, 0.15) is 0 Å². The summed E-state index contributed by atoms with van der Waals surface area (Å²) in [4.78, 5) is 11.7. The lowest BCUT2D eigenvalue weighted by Crippen LogP contribution is -2.46. The van der Waals surface area contributed by atoms with Gasteiger partial charge in [0.05, 0.1) is 31.5 Å². The first-order valence-corrected chi connectivity index (χ1v) is 6.85. The van der Waals surface area contributed by atoms with Gasteiger partial charge in [0.2, 0.25) is 5.91 Å². The molecule has 0 saturated heterocycles. The molecule has 3 unspecified atom stereocenters. The van der Waals surface area contributed by atoms with E-state index in [4.69, 9.17) is 9.47 Å². The number of aliphatic hydroxyl groups is 1. The smallest absolute Gasteiger partial charge is 0.237 e. The van der Waals surface area contributed by atoms with Crippen molar-refractivity contribution in [3.05, 3.63) is 0 Å². The monoisotopic (exact) mass is 274 g/mol. The van der Waals surface area contributed by atoms with Crippen LogP contribution >= 0.6 is 0 Å². The van der Waals surface area contributed by atoms with Crippen molar-refractivity contribution in [1.29, 1.82) is 0 Å². The third kappa shape index (κ3) is 7.47. The maximum Gasteiger partial charge on any atom is 0.237 e. The van der Waals surface area contributed by atoms with E-state index in [0.717, 1.165) is 12.8 Å². The summed E-state index contributed by atoms with van der Waals surface area (Å²) in [5, 5.41) is 15.6. The minimum atomic E-state index is -0.629. The molecule has 1 fully saturated rings. The van der Waals surface area contributed by atoms with Crippen LogP contribution in [0.3, 0.4) is 0 Å². The zero-order valence-corrected chi connectivity index (χ0v) is 12.0. The van der Waals surface area contributed by atoms with Gasteiger partial charge in [-0.25, -0.2) is 0 Å². The van der Waals surface area contributed by atoms with Gasteiger partial charge in [-0.05, 0) is 26.7 Å². The number of hydrogen-bond donors (Lipinski definition) is 3. The highest BCUT2D eigenvalue weighted by molar-refractivity contribution is 5.81. The Balaban J connectivity index is 2.07. The molecule has 6 heteroatoms. The van der Waals surface area contributed by atoms with Gasteiger partial charge in [0, 0.05) is 19.7 Å². The first kappa shape index (κ1) is 16.4. The maximum atomic E-state index is 11.7. The lowest BCUT2D eigenvalue weighted by molar-refractivity contribution is -0.123. The first-order chi connectivity index (χ1) is 9.02. The minimum Gasteiger partial charge on any atom is -0.389 e. The molecular weight excluding hydrogens is 248 g/mol. The summed E-state index contributed by atoms with van der Waals surface area (Å²) in [6.45, 7) is 4.74. The lowest BCUT2D eigenvalue weighted by atomic mass is 10.2. The number of carbonyl (C=O) groups excluding carboxylic acids is 1. The average molecular weight is 274 g/mol. The fourth-order valence-corrected chi connectivity index (χ4v) is 1.58. The largest absolute Gasteiger partial charge is 0.389 e. The van der Waals surface area contributed by atoms with Crippen molar-refractivity contribution < 1.29 is 19.4 Å². The van der Waals surface area contributed by atoms with Crippen LogP contribution in [0.1, 0.15) is 26.7 Å². The SMILES string of the molecule is COCC(C)OCC(O)CNC(C)C(=O)NC1CC1. The second-order valence-electron chi connectivity index (χ2n) is 5.17. The molecule has 3 atom stereocenters. The van der Waals surface area contributed by atoms with Crippen molar-refractivity contribution in [3.63, 3.8) is 0 Å². The van der Waals surface area contributed by atoms with Gasteiger partial charge in [0.25, 0.3) is 0 Å². The van der Waals surface area contributed by atoms with E-state index in [1.807, 2.05) is 6.92 Å². The van der Waals surface area contributed by atoms with E-state index >= 15 is 0 Å². The number of ether oxygens (including phenoxy) is 2. The lowest BCUT2D eigenvalue weighted by Gasteiger charge is -2.18. The molecule has 0 aromatic rings. The molecule has 6 nitrogen and oxygen atoms in total. The highest BCUT2D eigenvalue weighted by atomic mass is 16.5. The van der Waals surface area contributed by atoms with Crippen LogP contribution in [0.4, 0.5) is 0 Å². The van der Waals surface area contributed by atoms with Crippen LogP contribution in [-0.4, -0.2) is 62.2 Å². The van der Waals surface area contributed by atoms with Gasteiger partial charge in [-0.1, -0.05) is 0 Å². The number of nitrogens with one attached hydrogen (secondary N) is 2. The van der Waals surface area contributed by atoms with Gasteiger partial charge in [0.15, 0.2) is 0 Å². The molecule has 1 rings (SSSR count). The molecule has 19 heavy (non-hydrogen) atoms. The van der Waals surface area contributed by atoms with Crippen LogP contribution in [0, 0.1) is 0 Å². The molecule has 0 spiro atoms. The maximum absolute atomic E-state index is 11.7. The fraction of sp³-hybridized carbons (Fsp3) is 0.923. The Hall–Kier alpha value is -0.690. The normalized spacial score (nSPS) is 19.8. The van der Waals surface area contributed by atoms with Crippen LogP contribution in [0.2, 0.25) is 0 Å². The van der Waals surface area contributed by atoms with E-state index < -0.39 is 6.10 Å². The van der Waals surface area contributed by atoms with E-state index in [0.29, 0.717) is 19.2 Å². The summed E-state index contributed by atoms with van der Waals surface area (Å²) in [6.07, 6.45) is 1.48. The number of methoxy groups -OCH3 is 1. The van der Waals surface area contributed by atoms with E-state index in [-0.39, 0.29) is 24.7 Å². The van der Waals surface area contributed by atoms with Gasteiger partial charge >= 0.3 is 0 Å². The number of carbonyl (C=O) groups is 1. The topological polar surface area (TPSA) is 79.8 Å². The second-order valence-corrected chi connectivity index (χ2v) is 5.17. The predicted molar refractivity (Wildman–Crippen MR) is 71.9 cm³/mol. The Morgan fingerprint density at radius 2 is 2.05 bits per heavy atom. The van der Waals surface area contributed by atoms with E-state index in [2.05, 4.69) is 10.6 Å². The Bertz CT molecular complexity index is 271. The van der Waals surface area contributed by atoms with Gasteiger partial charge < -0.3 is 25.2 Å². The summed E-state index contributed by atoms with van der Waals surface area (Å²) in [6, 6.07) is 0.0616. The number of amides is 1.